The summed E-state index contributed by atoms with van der Waals surface area (Å²) in [5.74, 6) is 2.31. The van der Waals surface area contributed by atoms with Gasteiger partial charge in [0.1, 0.15) is 17.5 Å². The van der Waals surface area contributed by atoms with Crippen LogP contribution in [-0.4, -0.2) is 32.4 Å². The van der Waals surface area contributed by atoms with Crippen LogP contribution in [0.2, 0.25) is 0 Å². The monoisotopic (exact) mass is 332 g/mol. The van der Waals surface area contributed by atoms with Gasteiger partial charge < -0.3 is 25.0 Å². The molecule has 1 fully saturated rings. The average molecular weight is 332 g/mol. The molecule has 1 aromatic carbocycles. The van der Waals surface area contributed by atoms with Crippen LogP contribution in [0.1, 0.15) is 24.4 Å². The fourth-order valence-corrected chi connectivity index (χ4v) is 4.35. The van der Waals surface area contributed by atoms with E-state index in [-0.39, 0.29) is 6.04 Å². The molecule has 122 valence electrons. The van der Waals surface area contributed by atoms with E-state index >= 15 is 0 Å². The van der Waals surface area contributed by atoms with Crippen LogP contribution in [0.3, 0.4) is 0 Å². The molecule has 23 heavy (non-hydrogen) atoms. The number of rotatable bonds is 3. The molecule has 1 aromatic rings. The number of fused-ring (bicyclic) bond motifs is 2. The molecular weight excluding hydrogens is 310 g/mol. The lowest BCUT2D eigenvalue weighted by Crippen LogP contribution is -3.14. The van der Waals surface area contributed by atoms with Crippen molar-refractivity contribution < 1.29 is 14.4 Å². The SMILES string of the molecule is COc1ccc(OC)c([C@H]2NC(=S)NC3=C2[NH+]2CCC3CC2)c1. The summed E-state index contributed by atoms with van der Waals surface area (Å²) < 4.78 is 11.0. The summed E-state index contributed by atoms with van der Waals surface area (Å²) in [5.41, 5.74) is 3.81. The third-order valence-electron chi connectivity index (χ3n) is 5.23. The molecule has 0 aliphatic carbocycles. The Bertz CT molecular complexity index is 680. The minimum Gasteiger partial charge on any atom is -0.497 e. The van der Waals surface area contributed by atoms with Crippen molar-refractivity contribution in [2.45, 2.75) is 18.9 Å². The van der Waals surface area contributed by atoms with Crippen LogP contribution < -0.4 is 25.0 Å². The maximum Gasteiger partial charge on any atom is 0.171 e. The third-order valence-corrected chi connectivity index (χ3v) is 5.45. The fourth-order valence-electron chi connectivity index (χ4n) is 4.12. The molecule has 5 nitrogen and oxygen atoms in total. The number of ether oxygens (including phenoxy) is 2. The van der Waals surface area contributed by atoms with E-state index in [1.807, 2.05) is 12.1 Å². The Morgan fingerprint density at radius 1 is 1.17 bits per heavy atom. The van der Waals surface area contributed by atoms with E-state index in [9.17, 15) is 0 Å². The number of hydrogen-bond acceptors (Lipinski definition) is 3. The molecule has 5 rings (SSSR count). The Morgan fingerprint density at radius 3 is 2.65 bits per heavy atom. The maximum atomic E-state index is 5.60. The molecule has 4 aliphatic heterocycles. The van der Waals surface area contributed by atoms with Crippen molar-refractivity contribution in [1.82, 2.24) is 10.6 Å². The zero-order valence-electron chi connectivity index (χ0n) is 13.4. The van der Waals surface area contributed by atoms with Crippen LogP contribution in [0.25, 0.3) is 0 Å². The summed E-state index contributed by atoms with van der Waals surface area (Å²) in [7, 11) is 3.40. The largest absolute Gasteiger partial charge is 0.497 e. The van der Waals surface area contributed by atoms with E-state index in [2.05, 4.69) is 16.7 Å². The highest BCUT2D eigenvalue weighted by atomic mass is 32.1. The summed E-state index contributed by atoms with van der Waals surface area (Å²) in [6.45, 7) is 2.39. The van der Waals surface area contributed by atoms with Gasteiger partial charge in [-0.05, 0) is 30.4 Å². The minimum absolute atomic E-state index is 0.0434. The van der Waals surface area contributed by atoms with Crippen molar-refractivity contribution >= 4 is 17.3 Å². The molecule has 6 heteroatoms. The van der Waals surface area contributed by atoms with Gasteiger partial charge in [0.05, 0.1) is 33.0 Å². The van der Waals surface area contributed by atoms with Crippen LogP contribution in [0.5, 0.6) is 11.5 Å². The summed E-state index contributed by atoms with van der Waals surface area (Å²) in [6, 6.07) is 5.99. The van der Waals surface area contributed by atoms with E-state index in [4.69, 9.17) is 21.7 Å². The molecule has 4 heterocycles. The van der Waals surface area contributed by atoms with Gasteiger partial charge in [-0.3, -0.25) is 0 Å². The average Bonchev–Trinajstić information content (AvgIpc) is 2.61. The standard InChI is InChI=1S/C17H21N3O2S/c1-21-11-3-4-13(22-2)12(9-11)15-16-14(18-17(23)19-15)10-5-7-20(16)8-6-10/h3-4,9-10,15H,5-8H2,1-2H3,(H2,18,19,23)/p+1/t15-/m1/s1. The van der Waals surface area contributed by atoms with Gasteiger partial charge in [-0.2, -0.15) is 0 Å². The first kappa shape index (κ1) is 14.8. The van der Waals surface area contributed by atoms with Gasteiger partial charge in [0.25, 0.3) is 0 Å². The first-order chi connectivity index (χ1) is 11.2. The van der Waals surface area contributed by atoms with Gasteiger partial charge in [0.15, 0.2) is 10.8 Å². The molecule has 4 aliphatic rings. The molecule has 0 amide bonds. The highest BCUT2D eigenvalue weighted by Gasteiger charge is 2.45. The van der Waals surface area contributed by atoms with Gasteiger partial charge in [0, 0.05) is 24.3 Å². The van der Waals surface area contributed by atoms with Crippen molar-refractivity contribution in [2.24, 2.45) is 5.92 Å². The molecule has 3 N–H and O–H groups in total. The minimum atomic E-state index is 0.0434. The fraction of sp³-hybridized carbons (Fsp3) is 0.471. The topological polar surface area (TPSA) is 47.0 Å². The number of allylic oxidation sites excluding steroid dienone is 1. The Labute approximate surface area is 141 Å². The molecule has 2 bridgehead atoms. The van der Waals surface area contributed by atoms with Gasteiger partial charge in [-0.25, -0.2) is 0 Å². The number of methoxy groups -OCH3 is 2. The second-order valence-electron chi connectivity index (χ2n) is 6.34. The maximum absolute atomic E-state index is 5.60. The van der Waals surface area contributed by atoms with Crippen molar-refractivity contribution in [1.29, 1.82) is 0 Å². The Kier molecular flexibility index (Phi) is 3.66. The third kappa shape index (κ3) is 2.37. The van der Waals surface area contributed by atoms with Crippen LogP contribution in [0.4, 0.5) is 0 Å². The molecule has 0 spiro atoms. The predicted molar refractivity (Wildman–Crippen MR) is 91.6 cm³/mol. The predicted octanol–water partition coefficient (Wildman–Crippen LogP) is 0.743. The Morgan fingerprint density at radius 2 is 1.96 bits per heavy atom. The van der Waals surface area contributed by atoms with Crippen molar-refractivity contribution in [3.63, 3.8) is 0 Å². The van der Waals surface area contributed by atoms with E-state index in [1.165, 1.54) is 37.3 Å². The Hall–Kier alpha value is -1.79. The van der Waals surface area contributed by atoms with Gasteiger partial charge in [-0.15, -0.1) is 0 Å². The molecule has 0 unspecified atom stereocenters. The number of nitrogens with one attached hydrogen (secondary N) is 3. The molecule has 1 saturated heterocycles. The van der Waals surface area contributed by atoms with Crippen molar-refractivity contribution in [3.8, 4) is 11.5 Å². The van der Waals surface area contributed by atoms with Crippen LogP contribution >= 0.6 is 12.2 Å². The summed E-state index contributed by atoms with van der Waals surface area (Å²) >= 11 is 5.47. The van der Waals surface area contributed by atoms with Gasteiger partial charge in [-0.1, -0.05) is 0 Å². The van der Waals surface area contributed by atoms with Gasteiger partial charge in [0.2, 0.25) is 0 Å². The van der Waals surface area contributed by atoms with Crippen LogP contribution in [0, 0.1) is 5.92 Å². The Balaban J connectivity index is 1.84. The van der Waals surface area contributed by atoms with Crippen molar-refractivity contribution in [2.75, 3.05) is 27.3 Å². The number of benzene rings is 1. The van der Waals surface area contributed by atoms with Crippen LogP contribution in [0.15, 0.2) is 29.6 Å². The number of quaternary nitrogens is 1. The lowest BCUT2D eigenvalue weighted by Gasteiger charge is -2.45. The number of thiocarbonyl (C=S) groups is 1. The van der Waals surface area contributed by atoms with Crippen LogP contribution in [-0.2, 0) is 0 Å². The zero-order valence-corrected chi connectivity index (χ0v) is 14.3. The summed E-state index contributed by atoms with van der Waals surface area (Å²) in [6.07, 6.45) is 2.48. The number of hydrogen-bond donors (Lipinski definition) is 3. The molecule has 1 atom stereocenters. The molecule has 0 saturated carbocycles. The lowest BCUT2D eigenvalue weighted by atomic mass is 9.82. The molecular formula is C17H22N3O2S+. The molecule has 0 aromatic heterocycles. The lowest BCUT2D eigenvalue weighted by molar-refractivity contribution is -0.875. The first-order valence-corrected chi connectivity index (χ1v) is 8.50. The highest BCUT2D eigenvalue weighted by molar-refractivity contribution is 7.80. The smallest absolute Gasteiger partial charge is 0.171 e. The first-order valence-electron chi connectivity index (χ1n) is 8.10. The van der Waals surface area contributed by atoms with E-state index in [0.717, 1.165) is 17.1 Å². The van der Waals surface area contributed by atoms with Gasteiger partial charge >= 0.3 is 0 Å². The van der Waals surface area contributed by atoms with E-state index in [1.54, 1.807) is 19.1 Å². The highest BCUT2D eigenvalue weighted by Crippen LogP contribution is 2.37. The zero-order chi connectivity index (χ0) is 16.0. The quantitative estimate of drug-likeness (QED) is 0.713. The second-order valence-corrected chi connectivity index (χ2v) is 6.75. The second kappa shape index (κ2) is 5.69. The summed E-state index contributed by atoms with van der Waals surface area (Å²) in [4.78, 5) is 1.56. The molecule has 0 radical (unpaired) electrons. The van der Waals surface area contributed by atoms with E-state index < -0.39 is 0 Å². The van der Waals surface area contributed by atoms with Crippen molar-refractivity contribution in [3.05, 3.63) is 35.2 Å². The van der Waals surface area contributed by atoms with E-state index in [0.29, 0.717) is 11.0 Å². The number of piperidine rings is 1. The normalized spacial score (nSPS) is 28.8. The summed E-state index contributed by atoms with van der Waals surface area (Å²) in [5, 5.41) is 7.57.